The van der Waals surface area contributed by atoms with E-state index in [1.165, 1.54) is 0 Å². The second kappa shape index (κ2) is 12.2. The summed E-state index contributed by atoms with van der Waals surface area (Å²) in [5, 5.41) is 1.80. The van der Waals surface area contributed by atoms with Gasteiger partial charge in [0.1, 0.15) is 22.5 Å². The number of aromatic nitrogens is 4. The van der Waals surface area contributed by atoms with Crippen molar-refractivity contribution >= 4 is 65.3 Å². The topological polar surface area (TPSA) is 90.0 Å². The predicted molar refractivity (Wildman–Crippen MR) is 166 cm³/mol. The van der Waals surface area contributed by atoms with Gasteiger partial charge < -0.3 is 14.5 Å². The summed E-state index contributed by atoms with van der Waals surface area (Å²) in [7, 11) is 3.22. The number of rotatable bonds is 4. The third kappa shape index (κ3) is 5.86. The Morgan fingerprint density at radius 3 is 1.90 bits per heavy atom. The van der Waals surface area contributed by atoms with Gasteiger partial charge in [0.15, 0.2) is 5.82 Å². The molecule has 0 amide bonds. The molecule has 0 atom stereocenters. The molecule has 6 aromatic rings. The zero-order valence-corrected chi connectivity index (χ0v) is 25.2. The standard InChI is InChI=1S/C15H10BrClN2O.C15H11BrN2O2/c1-20-13-5-3-2-4-10(13)15-18-12-7-6-9(16)8-11(12)14(17)19-15;1-20-13-5-3-2-4-10(13)14-17-12-7-6-9(16)8-11(12)15(19)18-14/h2-8H,1H3;2-8H,1H3,(H,17,18,19). The minimum absolute atomic E-state index is 0.169. The number of para-hydroxylation sites is 2. The number of ether oxygens (including phenoxy) is 2. The van der Waals surface area contributed by atoms with E-state index in [1.807, 2.05) is 78.9 Å². The summed E-state index contributed by atoms with van der Waals surface area (Å²) in [4.78, 5) is 28.4. The monoisotopic (exact) mass is 678 g/mol. The Bertz CT molecular complexity index is 1910. The average Bonchev–Trinajstić information content (AvgIpc) is 2.98. The predicted octanol–water partition coefficient (Wildman–Crippen LogP) is 8.08. The molecule has 0 fully saturated rings. The lowest BCUT2D eigenvalue weighted by molar-refractivity contribution is 0.416. The van der Waals surface area contributed by atoms with Crippen molar-refractivity contribution in [1.82, 2.24) is 19.9 Å². The Morgan fingerprint density at radius 1 is 0.700 bits per heavy atom. The third-order valence-electron chi connectivity index (χ3n) is 5.99. The SMILES string of the molecule is COc1ccccc1-c1nc(Cl)c2cc(Br)ccc2n1.COc1ccccc1-c1nc2ccc(Br)cc2c(=O)[nH]1. The van der Waals surface area contributed by atoms with Gasteiger partial charge in [0.05, 0.1) is 41.8 Å². The minimum Gasteiger partial charge on any atom is -0.496 e. The van der Waals surface area contributed by atoms with E-state index in [9.17, 15) is 4.79 Å². The summed E-state index contributed by atoms with van der Waals surface area (Å²) in [5.41, 5.74) is 2.86. The lowest BCUT2D eigenvalue weighted by Gasteiger charge is -2.08. The lowest BCUT2D eigenvalue weighted by atomic mass is 10.1. The van der Waals surface area contributed by atoms with E-state index in [2.05, 4.69) is 51.8 Å². The van der Waals surface area contributed by atoms with E-state index >= 15 is 0 Å². The Morgan fingerprint density at radius 2 is 1.25 bits per heavy atom. The quantitative estimate of drug-likeness (QED) is 0.190. The summed E-state index contributed by atoms with van der Waals surface area (Å²) >= 11 is 13.0. The van der Waals surface area contributed by atoms with Crippen molar-refractivity contribution in [2.24, 2.45) is 0 Å². The van der Waals surface area contributed by atoms with Crippen LogP contribution in [0.3, 0.4) is 0 Å². The van der Waals surface area contributed by atoms with E-state index in [0.29, 0.717) is 33.5 Å². The van der Waals surface area contributed by atoms with Gasteiger partial charge in [-0.1, -0.05) is 67.7 Å². The summed E-state index contributed by atoms with van der Waals surface area (Å²) in [6.45, 7) is 0. The second-order valence-electron chi connectivity index (χ2n) is 8.48. The molecule has 0 bridgehead atoms. The molecular weight excluding hydrogens is 660 g/mol. The summed E-state index contributed by atoms with van der Waals surface area (Å²) in [6, 6.07) is 26.2. The van der Waals surface area contributed by atoms with Crippen molar-refractivity contribution in [1.29, 1.82) is 0 Å². The Labute approximate surface area is 251 Å². The van der Waals surface area contributed by atoms with Gasteiger partial charge in [-0.15, -0.1) is 0 Å². The van der Waals surface area contributed by atoms with Crippen LogP contribution in [0.15, 0.2) is 98.7 Å². The Balaban J connectivity index is 0.000000161. The number of nitrogens with zero attached hydrogens (tertiary/aromatic N) is 3. The molecule has 0 unspecified atom stereocenters. The maximum atomic E-state index is 12.2. The molecule has 1 N–H and O–H groups in total. The van der Waals surface area contributed by atoms with Gasteiger partial charge in [-0.2, -0.15) is 0 Å². The van der Waals surface area contributed by atoms with Crippen molar-refractivity contribution in [2.45, 2.75) is 0 Å². The first-order chi connectivity index (χ1) is 19.4. The van der Waals surface area contributed by atoms with Crippen LogP contribution in [0.25, 0.3) is 44.6 Å². The van der Waals surface area contributed by atoms with Crippen molar-refractivity contribution in [3.63, 3.8) is 0 Å². The van der Waals surface area contributed by atoms with Crippen LogP contribution in [-0.4, -0.2) is 34.2 Å². The fourth-order valence-electron chi connectivity index (χ4n) is 4.09. The van der Waals surface area contributed by atoms with E-state index in [0.717, 1.165) is 36.7 Å². The van der Waals surface area contributed by atoms with Crippen molar-refractivity contribution in [2.75, 3.05) is 14.2 Å². The zero-order valence-electron chi connectivity index (χ0n) is 21.3. The van der Waals surface area contributed by atoms with Crippen LogP contribution in [0.1, 0.15) is 0 Å². The molecule has 0 saturated heterocycles. The van der Waals surface area contributed by atoms with E-state index < -0.39 is 0 Å². The number of aromatic amines is 1. The average molecular weight is 681 g/mol. The first-order valence-electron chi connectivity index (χ1n) is 12.0. The summed E-state index contributed by atoms with van der Waals surface area (Å²) < 4.78 is 12.4. The van der Waals surface area contributed by atoms with Crippen molar-refractivity contribution in [3.05, 3.63) is 109 Å². The molecule has 10 heteroatoms. The van der Waals surface area contributed by atoms with E-state index in [-0.39, 0.29) is 5.56 Å². The minimum atomic E-state index is -0.169. The molecule has 2 aromatic heterocycles. The molecule has 0 spiro atoms. The summed E-state index contributed by atoms with van der Waals surface area (Å²) in [5.74, 6) is 2.46. The molecule has 6 rings (SSSR count). The normalized spacial score (nSPS) is 10.7. The molecule has 0 radical (unpaired) electrons. The van der Waals surface area contributed by atoms with Crippen LogP contribution < -0.4 is 15.0 Å². The molecule has 2 heterocycles. The van der Waals surface area contributed by atoms with Gasteiger partial charge >= 0.3 is 0 Å². The van der Waals surface area contributed by atoms with Gasteiger partial charge in [0.25, 0.3) is 5.56 Å². The first-order valence-corrected chi connectivity index (χ1v) is 13.9. The van der Waals surface area contributed by atoms with E-state index in [4.69, 9.17) is 21.1 Å². The molecular formula is C30H21Br2ClN4O3. The van der Waals surface area contributed by atoms with Gasteiger partial charge in [0, 0.05) is 14.3 Å². The number of fused-ring (bicyclic) bond motifs is 2. The second-order valence-corrected chi connectivity index (χ2v) is 10.7. The number of benzene rings is 4. The van der Waals surface area contributed by atoms with Crippen LogP contribution in [0.2, 0.25) is 5.15 Å². The summed E-state index contributed by atoms with van der Waals surface area (Å²) in [6.07, 6.45) is 0. The zero-order chi connectivity index (χ0) is 28.2. The van der Waals surface area contributed by atoms with Crippen LogP contribution in [0.4, 0.5) is 0 Å². The van der Waals surface area contributed by atoms with Crippen LogP contribution in [-0.2, 0) is 0 Å². The van der Waals surface area contributed by atoms with E-state index in [1.54, 1.807) is 20.3 Å². The fourth-order valence-corrected chi connectivity index (χ4v) is 5.05. The number of hydrogen-bond donors (Lipinski definition) is 1. The molecule has 200 valence electrons. The van der Waals surface area contributed by atoms with Gasteiger partial charge in [-0.05, 0) is 60.7 Å². The Hall–Kier alpha value is -3.79. The number of H-pyrrole nitrogens is 1. The first kappa shape index (κ1) is 27.8. The van der Waals surface area contributed by atoms with Crippen LogP contribution >= 0.6 is 43.5 Å². The molecule has 0 aliphatic heterocycles. The highest BCUT2D eigenvalue weighted by molar-refractivity contribution is 9.10. The maximum absolute atomic E-state index is 12.2. The Kier molecular flexibility index (Phi) is 8.44. The molecule has 0 aliphatic rings. The van der Waals surface area contributed by atoms with Crippen LogP contribution in [0.5, 0.6) is 11.5 Å². The van der Waals surface area contributed by atoms with Crippen molar-refractivity contribution < 1.29 is 9.47 Å². The lowest BCUT2D eigenvalue weighted by Crippen LogP contribution is -2.09. The molecule has 40 heavy (non-hydrogen) atoms. The number of halogens is 3. The van der Waals surface area contributed by atoms with Gasteiger partial charge in [-0.3, -0.25) is 4.79 Å². The van der Waals surface area contributed by atoms with Gasteiger partial charge in [0.2, 0.25) is 0 Å². The maximum Gasteiger partial charge on any atom is 0.259 e. The van der Waals surface area contributed by atoms with Gasteiger partial charge in [-0.25, -0.2) is 15.0 Å². The number of hydrogen-bond acceptors (Lipinski definition) is 6. The van der Waals surface area contributed by atoms with Crippen LogP contribution in [0, 0.1) is 0 Å². The van der Waals surface area contributed by atoms with Crippen molar-refractivity contribution in [3.8, 4) is 34.3 Å². The number of nitrogens with one attached hydrogen (secondary N) is 1. The molecule has 0 saturated carbocycles. The fraction of sp³-hybridized carbons (Fsp3) is 0.0667. The molecule has 0 aliphatic carbocycles. The highest BCUT2D eigenvalue weighted by Gasteiger charge is 2.12. The smallest absolute Gasteiger partial charge is 0.259 e. The molecule has 7 nitrogen and oxygen atoms in total. The molecule has 4 aromatic carbocycles. The highest BCUT2D eigenvalue weighted by atomic mass is 79.9. The largest absolute Gasteiger partial charge is 0.496 e. The highest BCUT2D eigenvalue weighted by Crippen LogP contribution is 2.31. The third-order valence-corrected chi connectivity index (χ3v) is 7.26. The number of methoxy groups -OCH3 is 2.